The molecule has 146 valence electrons. The third kappa shape index (κ3) is 7.47. The maximum Gasteiger partial charge on any atom is 1.00 e. The fraction of sp³-hybridized carbons (Fsp3) is 0.333. The van der Waals surface area contributed by atoms with Crippen LogP contribution in [0.4, 0.5) is 0 Å². The van der Waals surface area contributed by atoms with Crippen LogP contribution in [-0.2, 0) is 21.3 Å². The molecule has 0 aliphatic heterocycles. The van der Waals surface area contributed by atoms with E-state index in [0.717, 1.165) is 34.5 Å². The molecule has 10 heteroatoms. The molecule has 0 saturated heterocycles. The largest absolute Gasteiger partial charge is 1.00 e. The second kappa shape index (κ2) is 14.3. The van der Waals surface area contributed by atoms with E-state index in [4.69, 9.17) is 9.47 Å². The molecule has 0 radical (unpaired) electrons. The number of imidazole rings is 1. The molecule has 0 aliphatic carbocycles. The summed E-state index contributed by atoms with van der Waals surface area (Å²) in [5.41, 5.74) is 3.14. The summed E-state index contributed by atoms with van der Waals surface area (Å²) < 4.78 is 23.4. The SMILES string of the molecule is COCCCOc1ccnc(CS(=O)c2nc3ccccc3[n-]2)c1C.II.[Na+]. The van der Waals surface area contributed by atoms with Crippen molar-refractivity contribution in [1.82, 2.24) is 15.0 Å². The molecule has 0 N–H and O–H groups in total. The molecule has 1 aromatic carbocycles. The van der Waals surface area contributed by atoms with Crippen LogP contribution in [0, 0.1) is 6.92 Å². The maximum atomic E-state index is 12.6. The smallest absolute Gasteiger partial charge is 0.493 e. The van der Waals surface area contributed by atoms with E-state index in [2.05, 4.69) is 52.2 Å². The molecule has 0 spiro atoms. The Morgan fingerprint density at radius 2 is 1.93 bits per heavy atom. The van der Waals surface area contributed by atoms with E-state index in [1.807, 2.05) is 37.3 Å². The summed E-state index contributed by atoms with van der Waals surface area (Å²) in [6.45, 7) is 3.15. The first-order valence-electron chi connectivity index (χ1n) is 8.17. The molecular weight excluding hydrogens is 615 g/mol. The Morgan fingerprint density at radius 1 is 1.18 bits per heavy atom. The minimum atomic E-state index is -1.35. The Labute approximate surface area is 213 Å². The summed E-state index contributed by atoms with van der Waals surface area (Å²) >= 11 is 4.24. The minimum absolute atomic E-state index is 0. The normalized spacial score (nSPS) is 11.3. The average molecular weight is 635 g/mol. The molecule has 0 fully saturated rings. The van der Waals surface area contributed by atoms with Gasteiger partial charge < -0.3 is 19.4 Å². The van der Waals surface area contributed by atoms with Gasteiger partial charge in [-0.15, -0.1) is 0 Å². The molecule has 6 nitrogen and oxygen atoms in total. The van der Waals surface area contributed by atoms with Crippen LogP contribution in [0.3, 0.4) is 0 Å². The number of benzene rings is 1. The molecule has 28 heavy (non-hydrogen) atoms. The first-order chi connectivity index (χ1) is 13.2. The number of aromatic nitrogens is 3. The van der Waals surface area contributed by atoms with Crippen LogP contribution in [0.25, 0.3) is 11.0 Å². The first kappa shape index (κ1) is 26.2. The number of nitrogens with zero attached hydrogens (tertiary/aromatic N) is 3. The second-order valence-electron chi connectivity index (χ2n) is 5.56. The molecule has 1 atom stereocenters. The van der Waals surface area contributed by atoms with E-state index in [-0.39, 0.29) is 35.3 Å². The van der Waals surface area contributed by atoms with Crippen LogP contribution in [0.15, 0.2) is 41.7 Å². The van der Waals surface area contributed by atoms with Crippen molar-refractivity contribution in [1.29, 1.82) is 0 Å². The summed E-state index contributed by atoms with van der Waals surface area (Å²) in [5.74, 6) is 1.02. The fourth-order valence-corrected chi connectivity index (χ4v) is 3.49. The summed E-state index contributed by atoms with van der Waals surface area (Å²) in [7, 11) is 0.312. The van der Waals surface area contributed by atoms with Gasteiger partial charge in [-0.2, -0.15) is 0 Å². The summed E-state index contributed by atoms with van der Waals surface area (Å²) in [6.07, 6.45) is 2.49. The third-order valence-corrected chi connectivity index (χ3v) is 4.92. The van der Waals surface area contributed by atoms with Crippen molar-refractivity contribution in [3.8, 4) is 5.75 Å². The number of pyridine rings is 1. The van der Waals surface area contributed by atoms with Crippen LogP contribution < -0.4 is 39.3 Å². The minimum Gasteiger partial charge on any atom is -0.493 e. The molecule has 0 amide bonds. The zero-order valence-electron chi connectivity index (χ0n) is 16.0. The Balaban J connectivity index is 0.00000127. The molecular formula is C18H20I2N3NaO3S. The zero-order valence-corrected chi connectivity index (χ0v) is 23.2. The van der Waals surface area contributed by atoms with Gasteiger partial charge in [0.25, 0.3) is 0 Å². The Kier molecular flexibility index (Phi) is 13.4. The number of rotatable bonds is 8. The number of methoxy groups -OCH3 is 1. The van der Waals surface area contributed by atoms with Gasteiger partial charge in [0.1, 0.15) is 5.75 Å². The van der Waals surface area contributed by atoms with E-state index >= 15 is 0 Å². The van der Waals surface area contributed by atoms with Crippen LogP contribution in [0.2, 0.25) is 0 Å². The maximum absolute atomic E-state index is 12.6. The average Bonchev–Trinajstić information content (AvgIpc) is 3.14. The van der Waals surface area contributed by atoms with Gasteiger partial charge in [-0.25, -0.2) is 0 Å². The molecule has 2 heterocycles. The number of hydrogen-bond donors (Lipinski definition) is 0. The van der Waals surface area contributed by atoms with Gasteiger partial charge >= 0.3 is 29.6 Å². The number of fused-ring (bicyclic) bond motifs is 1. The van der Waals surface area contributed by atoms with Crippen molar-refractivity contribution < 1.29 is 43.2 Å². The van der Waals surface area contributed by atoms with Crippen LogP contribution in [-0.4, -0.2) is 34.5 Å². The van der Waals surface area contributed by atoms with Crippen LogP contribution >= 0.6 is 37.2 Å². The van der Waals surface area contributed by atoms with Crippen LogP contribution in [0.1, 0.15) is 17.7 Å². The van der Waals surface area contributed by atoms with E-state index in [1.54, 1.807) is 13.3 Å². The summed E-state index contributed by atoms with van der Waals surface area (Å²) in [5, 5.41) is 0.341. The van der Waals surface area contributed by atoms with Crippen molar-refractivity contribution in [2.45, 2.75) is 24.3 Å². The molecule has 3 aromatic rings. The zero-order chi connectivity index (χ0) is 19.6. The number of ether oxygens (including phenoxy) is 2. The summed E-state index contributed by atoms with van der Waals surface area (Å²) in [6, 6.07) is 9.32. The van der Waals surface area contributed by atoms with Crippen molar-refractivity contribution in [2.75, 3.05) is 20.3 Å². The predicted octanol–water partition coefficient (Wildman–Crippen LogP) is 1.39. The number of para-hydroxylation sites is 2. The van der Waals surface area contributed by atoms with Gasteiger partial charge in [0.05, 0.1) is 28.9 Å². The Bertz CT molecular complexity index is 862. The van der Waals surface area contributed by atoms with Gasteiger partial charge in [0.2, 0.25) is 0 Å². The summed E-state index contributed by atoms with van der Waals surface area (Å²) in [4.78, 5) is 13.0. The Hall–Kier alpha value is 0.210. The molecule has 2 aromatic heterocycles. The first-order valence-corrected chi connectivity index (χ1v) is 15.8. The fourth-order valence-electron chi connectivity index (χ4n) is 2.42. The third-order valence-electron chi connectivity index (χ3n) is 3.79. The van der Waals surface area contributed by atoms with Crippen molar-refractivity contribution >= 4 is 59.1 Å². The van der Waals surface area contributed by atoms with E-state index in [9.17, 15) is 4.21 Å². The molecule has 3 rings (SSSR count). The molecule has 0 saturated carbocycles. The van der Waals surface area contributed by atoms with Crippen LogP contribution in [0.5, 0.6) is 5.75 Å². The molecule has 1 unspecified atom stereocenters. The van der Waals surface area contributed by atoms with E-state index in [0.29, 0.717) is 18.4 Å². The monoisotopic (exact) mass is 635 g/mol. The standard InChI is InChI=1S/C18H20N3O3S.I2.Na/c1-13-16(19-9-8-17(13)24-11-5-10-23-2)12-25(22)18-20-14-6-3-4-7-15(14)21-18;1-2;/h3-4,6-9H,5,10-12H2,1-2H3;;/q-1;;+1. The predicted molar refractivity (Wildman–Crippen MR) is 124 cm³/mol. The van der Waals surface area contributed by atoms with Crippen molar-refractivity contribution in [3.05, 3.63) is 47.8 Å². The quantitative estimate of drug-likeness (QED) is 0.212. The number of halogens is 2. The van der Waals surface area contributed by atoms with Gasteiger partial charge in [-0.3, -0.25) is 9.19 Å². The van der Waals surface area contributed by atoms with E-state index < -0.39 is 10.8 Å². The molecule has 0 aliphatic rings. The van der Waals surface area contributed by atoms with E-state index in [1.165, 1.54) is 0 Å². The molecule has 0 bridgehead atoms. The van der Waals surface area contributed by atoms with Gasteiger partial charge in [-0.05, 0) is 24.0 Å². The van der Waals surface area contributed by atoms with Gasteiger partial charge in [0, 0.05) is 74.3 Å². The van der Waals surface area contributed by atoms with Crippen molar-refractivity contribution in [2.24, 2.45) is 0 Å². The number of hydrogen-bond acceptors (Lipinski definition) is 5. The van der Waals surface area contributed by atoms with Gasteiger partial charge in [-0.1, -0.05) is 24.3 Å². The second-order valence-corrected chi connectivity index (χ2v) is 6.91. The van der Waals surface area contributed by atoms with Gasteiger partial charge in [0.15, 0.2) is 0 Å². The van der Waals surface area contributed by atoms with Crippen molar-refractivity contribution in [3.63, 3.8) is 0 Å². The topological polar surface area (TPSA) is 75.4 Å². The Morgan fingerprint density at radius 3 is 2.64 bits per heavy atom.